The molecular weight excluding hydrogens is 791 g/mol. The zero-order valence-electron chi connectivity index (χ0n) is 42.5. The van der Waals surface area contributed by atoms with Gasteiger partial charge in [-0.15, -0.1) is 0 Å². The second-order valence-electron chi connectivity index (χ2n) is 18.9. The quantitative estimate of drug-likeness (QED) is 0.0245. The first-order chi connectivity index (χ1) is 31.5. The van der Waals surface area contributed by atoms with Gasteiger partial charge in [0.1, 0.15) is 0 Å². The van der Waals surface area contributed by atoms with E-state index in [0.717, 1.165) is 77.0 Å². The van der Waals surface area contributed by atoms with Gasteiger partial charge in [-0.25, -0.2) is 0 Å². The minimum absolute atomic E-state index is 0.0344. The number of hydrogen-bond donors (Lipinski definition) is 3. The first-order valence-electron chi connectivity index (χ1n) is 27.9. The minimum Gasteiger partial charge on any atom is -0.466 e. The number of allylic oxidation sites excluding steroid dienone is 7. The third-order valence-corrected chi connectivity index (χ3v) is 12.6. The van der Waals surface area contributed by atoms with Crippen molar-refractivity contribution in [2.24, 2.45) is 0 Å². The van der Waals surface area contributed by atoms with E-state index in [-0.39, 0.29) is 18.5 Å². The Morgan fingerprint density at radius 3 is 1.25 bits per heavy atom. The van der Waals surface area contributed by atoms with E-state index < -0.39 is 12.1 Å². The average molecular weight is 898 g/mol. The summed E-state index contributed by atoms with van der Waals surface area (Å²) in [5.41, 5.74) is 0. The Morgan fingerprint density at radius 1 is 0.438 bits per heavy atom. The summed E-state index contributed by atoms with van der Waals surface area (Å²) in [7, 11) is 0. The molecule has 6 heteroatoms. The Bertz CT molecular complexity index is 1080. The van der Waals surface area contributed by atoms with Gasteiger partial charge in [-0.05, 0) is 83.5 Å². The van der Waals surface area contributed by atoms with E-state index in [9.17, 15) is 19.8 Å². The first-order valence-corrected chi connectivity index (χ1v) is 27.9. The van der Waals surface area contributed by atoms with Crippen LogP contribution in [0, 0.1) is 0 Å². The summed E-state index contributed by atoms with van der Waals surface area (Å²) in [6.07, 6.45) is 67.0. The smallest absolute Gasteiger partial charge is 0.305 e. The molecule has 2 atom stereocenters. The van der Waals surface area contributed by atoms with Gasteiger partial charge in [-0.3, -0.25) is 9.59 Å². The first kappa shape index (κ1) is 61.8. The van der Waals surface area contributed by atoms with Crippen LogP contribution < -0.4 is 5.32 Å². The molecule has 0 bridgehead atoms. The summed E-state index contributed by atoms with van der Waals surface area (Å²) in [6, 6.07) is -0.646. The molecule has 374 valence electrons. The Labute approximate surface area is 397 Å². The van der Waals surface area contributed by atoms with Gasteiger partial charge in [0, 0.05) is 12.8 Å². The molecule has 0 aliphatic rings. The molecule has 0 saturated heterocycles. The SMILES string of the molecule is CCCC/C=C\CCCCCCCC(=O)OCCCCC/C=C\C=C/CCCCCCCCC(=O)NC(CO)C(O)/C=C/CCCCCCCCCCCCCCCCCCCCC. The summed E-state index contributed by atoms with van der Waals surface area (Å²) >= 11 is 0. The maximum Gasteiger partial charge on any atom is 0.305 e. The average Bonchev–Trinajstić information content (AvgIpc) is 3.29. The molecule has 0 aromatic carbocycles. The fraction of sp³-hybridized carbons (Fsp3) is 0.828. The Kier molecular flexibility index (Phi) is 51.6. The summed E-state index contributed by atoms with van der Waals surface area (Å²) in [5, 5.41) is 23.1. The van der Waals surface area contributed by atoms with Crippen LogP contribution in [-0.2, 0) is 14.3 Å². The summed E-state index contributed by atoms with van der Waals surface area (Å²) in [5.74, 6) is -0.124. The van der Waals surface area contributed by atoms with Crippen LogP contribution in [0.2, 0.25) is 0 Å². The minimum atomic E-state index is -0.860. The van der Waals surface area contributed by atoms with Crippen molar-refractivity contribution < 1.29 is 24.5 Å². The van der Waals surface area contributed by atoms with E-state index in [1.165, 1.54) is 180 Å². The molecule has 0 rings (SSSR count). The topological polar surface area (TPSA) is 95.9 Å². The number of aliphatic hydroxyl groups is 2. The molecule has 0 fully saturated rings. The van der Waals surface area contributed by atoms with E-state index in [4.69, 9.17) is 4.74 Å². The molecule has 0 saturated carbocycles. The predicted molar refractivity (Wildman–Crippen MR) is 278 cm³/mol. The van der Waals surface area contributed by atoms with Gasteiger partial charge in [-0.2, -0.15) is 0 Å². The van der Waals surface area contributed by atoms with Crippen molar-refractivity contribution in [3.63, 3.8) is 0 Å². The summed E-state index contributed by atoms with van der Waals surface area (Å²) in [4.78, 5) is 24.4. The highest BCUT2D eigenvalue weighted by atomic mass is 16.5. The number of unbranched alkanes of at least 4 members (excludes halogenated alkanes) is 35. The van der Waals surface area contributed by atoms with Gasteiger partial charge in [0.2, 0.25) is 5.91 Å². The maximum absolute atomic E-state index is 12.5. The lowest BCUT2D eigenvalue weighted by Crippen LogP contribution is -2.45. The van der Waals surface area contributed by atoms with E-state index in [0.29, 0.717) is 19.4 Å². The second-order valence-corrected chi connectivity index (χ2v) is 18.9. The standard InChI is InChI=1S/C58H107NO5/c1-3-5-7-9-11-13-15-16-17-18-19-20-21-22-24-27-31-34-38-42-46-50-56(61)55(54-60)59-57(62)51-47-43-39-35-32-28-25-23-26-29-33-37-41-45-49-53-64-58(63)52-48-44-40-36-30-14-12-10-8-6-4-2/h10,12,23,26,29,33,46,50,55-56,60-61H,3-9,11,13-22,24-25,27-28,30-32,34-45,47-49,51-54H2,1-2H3,(H,59,62)/b12-10-,26-23-,33-29-,50-46+. The molecule has 0 aromatic rings. The largest absolute Gasteiger partial charge is 0.466 e. The predicted octanol–water partition coefficient (Wildman–Crippen LogP) is 17.0. The zero-order valence-corrected chi connectivity index (χ0v) is 42.5. The molecule has 0 aromatic heterocycles. The summed E-state index contributed by atoms with van der Waals surface area (Å²) in [6.45, 7) is 4.81. The lowest BCUT2D eigenvalue weighted by Gasteiger charge is -2.20. The third-order valence-electron chi connectivity index (χ3n) is 12.6. The molecular formula is C58H107NO5. The van der Waals surface area contributed by atoms with Crippen LogP contribution >= 0.6 is 0 Å². The van der Waals surface area contributed by atoms with Crippen LogP contribution in [0.5, 0.6) is 0 Å². The number of amides is 1. The van der Waals surface area contributed by atoms with Gasteiger partial charge in [0.15, 0.2) is 0 Å². The molecule has 0 aliphatic carbocycles. The number of nitrogens with one attached hydrogen (secondary N) is 1. The van der Waals surface area contributed by atoms with Crippen molar-refractivity contribution in [1.29, 1.82) is 0 Å². The number of carbonyl (C=O) groups excluding carboxylic acids is 2. The Balaban J connectivity index is 3.57. The maximum atomic E-state index is 12.5. The van der Waals surface area contributed by atoms with Crippen LogP contribution in [0.15, 0.2) is 48.6 Å². The van der Waals surface area contributed by atoms with Crippen molar-refractivity contribution in [2.45, 2.75) is 296 Å². The van der Waals surface area contributed by atoms with Crippen LogP contribution in [-0.4, -0.2) is 47.4 Å². The van der Waals surface area contributed by atoms with E-state index in [1.54, 1.807) is 6.08 Å². The van der Waals surface area contributed by atoms with Gasteiger partial charge >= 0.3 is 5.97 Å². The van der Waals surface area contributed by atoms with E-state index in [2.05, 4.69) is 55.6 Å². The Morgan fingerprint density at radius 2 is 0.797 bits per heavy atom. The van der Waals surface area contributed by atoms with Gasteiger partial charge < -0.3 is 20.3 Å². The molecule has 2 unspecified atom stereocenters. The lowest BCUT2D eigenvalue weighted by molar-refractivity contribution is -0.143. The lowest BCUT2D eigenvalue weighted by atomic mass is 10.0. The zero-order chi connectivity index (χ0) is 46.5. The van der Waals surface area contributed by atoms with Crippen molar-refractivity contribution in [3.05, 3.63) is 48.6 Å². The molecule has 0 radical (unpaired) electrons. The highest BCUT2D eigenvalue weighted by molar-refractivity contribution is 5.76. The van der Waals surface area contributed by atoms with Crippen LogP contribution in [0.4, 0.5) is 0 Å². The number of carbonyl (C=O) groups is 2. The van der Waals surface area contributed by atoms with Crippen LogP contribution in [0.3, 0.4) is 0 Å². The second kappa shape index (κ2) is 53.4. The normalized spacial score (nSPS) is 13.0. The van der Waals surface area contributed by atoms with Crippen LogP contribution in [0.1, 0.15) is 284 Å². The van der Waals surface area contributed by atoms with Gasteiger partial charge in [-0.1, -0.05) is 236 Å². The molecule has 64 heavy (non-hydrogen) atoms. The summed E-state index contributed by atoms with van der Waals surface area (Å²) < 4.78 is 5.42. The molecule has 6 nitrogen and oxygen atoms in total. The molecule has 0 heterocycles. The Hall–Kier alpha value is -2.18. The molecule has 0 spiro atoms. The molecule has 0 aliphatic heterocycles. The van der Waals surface area contributed by atoms with E-state index >= 15 is 0 Å². The van der Waals surface area contributed by atoms with Crippen molar-refractivity contribution in [2.75, 3.05) is 13.2 Å². The molecule has 3 N–H and O–H groups in total. The van der Waals surface area contributed by atoms with Crippen LogP contribution in [0.25, 0.3) is 0 Å². The van der Waals surface area contributed by atoms with Crippen molar-refractivity contribution in [1.82, 2.24) is 5.32 Å². The number of ether oxygens (including phenoxy) is 1. The third kappa shape index (κ3) is 49.3. The number of aliphatic hydroxyl groups excluding tert-OH is 2. The van der Waals surface area contributed by atoms with E-state index in [1.807, 2.05) is 6.08 Å². The van der Waals surface area contributed by atoms with Gasteiger partial charge in [0.25, 0.3) is 0 Å². The fourth-order valence-corrected chi connectivity index (χ4v) is 8.25. The monoisotopic (exact) mass is 898 g/mol. The number of hydrogen-bond acceptors (Lipinski definition) is 5. The highest BCUT2D eigenvalue weighted by Crippen LogP contribution is 2.16. The number of rotatable bonds is 51. The van der Waals surface area contributed by atoms with Crippen molar-refractivity contribution in [3.8, 4) is 0 Å². The van der Waals surface area contributed by atoms with Crippen molar-refractivity contribution >= 4 is 11.9 Å². The highest BCUT2D eigenvalue weighted by Gasteiger charge is 2.18. The molecule has 1 amide bonds. The fourth-order valence-electron chi connectivity index (χ4n) is 8.25. The number of esters is 1. The van der Waals surface area contributed by atoms with Gasteiger partial charge in [0.05, 0.1) is 25.4 Å².